The fourth-order valence-corrected chi connectivity index (χ4v) is 3.15. The van der Waals surface area contributed by atoms with E-state index in [0.29, 0.717) is 30.8 Å². The molecule has 8 nitrogen and oxygen atoms in total. The molecule has 0 fully saturated rings. The monoisotopic (exact) mass is 405 g/mol. The van der Waals surface area contributed by atoms with Crippen molar-refractivity contribution in [1.82, 2.24) is 19.7 Å². The lowest BCUT2D eigenvalue weighted by Gasteiger charge is -2.09. The molecular formula is C22H23N5O3. The molecule has 0 unspecified atom stereocenters. The van der Waals surface area contributed by atoms with Crippen LogP contribution in [0.1, 0.15) is 23.9 Å². The van der Waals surface area contributed by atoms with Gasteiger partial charge in [0.05, 0.1) is 18.5 Å². The van der Waals surface area contributed by atoms with Crippen LogP contribution in [0.25, 0.3) is 17.0 Å². The number of aryl methyl sites for hydroxylation is 2. The number of nitrogens with one attached hydrogen (secondary N) is 2. The van der Waals surface area contributed by atoms with E-state index in [-0.39, 0.29) is 5.69 Å². The summed E-state index contributed by atoms with van der Waals surface area (Å²) in [5.41, 5.74) is 4.40. The van der Waals surface area contributed by atoms with E-state index >= 15 is 0 Å². The Hall–Kier alpha value is -3.65. The van der Waals surface area contributed by atoms with Crippen LogP contribution in [0.2, 0.25) is 0 Å². The second kappa shape index (κ2) is 8.38. The third-order valence-corrected chi connectivity index (χ3v) is 4.77. The molecule has 4 rings (SSSR count). The molecule has 2 aromatic carbocycles. The van der Waals surface area contributed by atoms with Gasteiger partial charge in [-0.2, -0.15) is 5.10 Å². The highest BCUT2D eigenvalue weighted by molar-refractivity contribution is 5.63. The summed E-state index contributed by atoms with van der Waals surface area (Å²) in [6.07, 6.45) is 1.67. The van der Waals surface area contributed by atoms with Gasteiger partial charge in [-0.05, 0) is 62.2 Å². The van der Waals surface area contributed by atoms with Crippen LogP contribution in [-0.4, -0.2) is 26.4 Å². The lowest BCUT2D eigenvalue weighted by Crippen LogP contribution is -2.15. The van der Waals surface area contributed by atoms with Crippen LogP contribution in [0, 0.1) is 13.8 Å². The number of hydrogen-bond donors (Lipinski definition) is 2. The molecule has 0 saturated carbocycles. The van der Waals surface area contributed by atoms with Gasteiger partial charge in [0.15, 0.2) is 5.76 Å². The minimum Gasteiger partial charge on any atom is -0.423 e. The van der Waals surface area contributed by atoms with Gasteiger partial charge < -0.3 is 14.5 Å². The summed E-state index contributed by atoms with van der Waals surface area (Å²) in [7, 11) is 0. The van der Waals surface area contributed by atoms with Gasteiger partial charge in [-0.15, -0.1) is 0 Å². The molecule has 2 heterocycles. The SMILES string of the molecule is CCOCc1ccc(C)c(Nc2ncc(-c3ccc(-n4c(C)n[nH]c4=O)cc3)o2)c1. The number of anilines is 2. The molecule has 2 aromatic heterocycles. The number of rotatable bonds is 7. The molecule has 0 saturated heterocycles. The van der Waals surface area contributed by atoms with Crippen molar-refractivity contribution in [3.63, 3.8) is 0 Å². The lowest BCUT2D eigenvalue weighted by atomic mass is 10.1. The van der Waals surface area contributed by atoms with Crippen LogP contribution in [0.4, 0.5) is 11.7 Å². The van der Waals surface area contributed by atoms with E-state index in [1.165, 1.54) is 4.57 Å². The third-order valence-electron chi connectivity index (χ3n) is 4.77. The molecule has 4 aromatic rings. The smallest absolute Gasteiger partial charge is 0.347 e. The Morgan fingerprint density at radius 2 is 1.97 bits per heavy atom. The zero-order valence-electron chi connectivity index (χ0n) is 17.1. The fourth-order valence-electron chi connectivity index (χ4n) is 3.15. The van der Waals surface area contributed by atoms with Crippen molar-refractivity contribution in [1.29, 1.82) is 0 Å². The summed E-state index contributed by atoms with van der Waals surface area (Å²) in [5.74, 6) is 1.23. The van der Waals surface area contributed by atoms with Gasteiger partial charge >= 0.3 is 5.69 Å². The predicted molar refractivity (Wildman–Crippen MR) is 114 cm³/mol. The molecule has 0 bridgehead atoms. The van der Waals surface area contributed by atoms with Gasteiger partial charge in [-0.1, -0.05) is 12.1 Å². The molecule has 0 amide bonds. The first-order valence-corrected chi connectivity index (χ1v) is 9.70. The first kappa shape index (κ1) is 19.7. The lowest BCUT2D eigenvalue weighted by molar-refractivity contribution is 0.134. The summed E-state index contributed by atoms with van der Waals surface area (Å²) in [6, 6.07) is 14.0. The Morgan fingerprint density at radius 3 is 2.67 bits per heavy atom. The van der Waals surface area contributed by atoms with E-state index in [1.807, 2.05) is 56.3 Å². The molecule has 0 atom stereocenters. The second-order valence-electron chi connectivity index (χ2n) is 6.90. The molecular weight excluding hydrogens is 382 g/mol. The minimum absolute atomic E-state index is 0.270. The highest BCUT2D eigenvalue weighted by Gasteiger charge is 2.11. The van der Waals surface area contributed by atoms with Crippen molar-refractivity contribution in [3.05, 3.63) is 76.1 Å². The van der Waals surface area contributed by atoms with E-state index in [2.05, 4.69) is 20.5 Å². The van der Waals surface area contributed by atoms with Crippen LogP contribution >= 0.6 is 0 Å². The molecule has 154 valence electrons. The van der Waals surface area contributed by atoms with Crippen LogP contribution in [0.5, 0.6) is 0 Å². The average Bonchev–Trinajstić information content (AvgIpc) is 3.35. The van der Waals surface area contributed by atoms with Gasteiger partial charge in [0.2, 0.25) is 0 Å². The molecule has 0 spiro atoms. The summed E-state index contributed by atoms with van der Waals surface area (Å²) in [4.78, 5) is 16.2. The number of ether oxygens (including phenoxy) is 1. The van der Waals surface area contributed by atoms with Gasteiger partial charge in [0.1, 0.15) is 5.82 Å². The maximum atomic E-state index is 11.9. The first-order valence-electron chi connectivity index (χ1n) is 9.70. The van der Waals surface area contributed by atoms with Crippen LogP contribution in [0.15, 0.2) is 57.9 Å². The molecule has 30 heavy (non-hydrogen) atoms. The summed E-state index contributed by atoms with van der Waals surface area (Å²) < 4.78 is 12.9. The summed E-state index contributed by atoms with van der Waals surface area (Å²) in [6.45, 7) is 7.00. The van der Waals surface area contributed by atoms with Crippen molar-refractivity contribution in [2.24, 2.45) is 0 Å². The van der Waals surface area contributed by atoms with E-state index in [1.54, 1.807) is 13.1 Å². The van der Waals surface area contributed by atoms with Crippen LogP contribution in [-0.2, 0) is 11.3 Å². The first-order chi connectivity index (χ1) is 14.5. The maximum Gasteiger partial charge on any atom is 0.347 e. The highest BCUT2D eigenvalue weighted by atomic mass is 16.5. The number of oxazole rings is 1. The van der Waals surface area contributed by atoms with Crippen molar-refractivity contribution in [2.75, 3.05) is 11.9 Å². The Kier molecular flexibility index (Phi) is 5.49. The number of aromatic nitrogens is 4. The van der Waals surface area contributed by atoms with Gasteiger partial charge in [-0.3, -0.25) is 0 Å². The van der Waals surface area contributed by atoms with Crippen LogP contribution in [0.3, 0.4) is 0 Å². The van der Waals surface area contributed by atoms with E-state index < -0.39 is 0 Å². The Morgan fingerprint density at radius 1 is 1.17 bits per heavy atom. The van der Waals surface area contributed by atoms with E-state index in [4.69, 9.17) is 9.15 Å². The Balaban J connectivity index is 1.53. The van der Waals surface area contributed by atoms with Crippen molar-refractivity contribution >= 4 is 11.7 Å². The molecule has 0 aliphatic heterocycles. The van der Waals surface area contributed by atoms with Crippen molar-refractivity contribution in [2.45, 2.75) is 27.4 Å². The second-order valence-corrected chi connectivity index (χ2v) is 6.90. The number of hydrogen-bond acceptors (Lipinski definition) is 6. The largest absolute Gasteiger partial charge is 0.423 e. The van der Waals surface area contributed by atoms with E-state index in [9.17, 15) is 4.79 Å². The molecule has 2 N–H and O–H groups in total. The number of benzene rings is 2. The van der Waals surface area contributed by atoms with E-state index in [0.717, 1.165) is 28.1 Å². The van der Waals surface area contributed by atoms with Crippen molar-refractivity contribution < 1.29 is 9.15 Å². The number of aromatic amines is 1. The molecule has 0 radical (unpaired) electrons. The normalized spacial score (nSPS) is 11.0. The summed E-state index contributed by atoms with van der Waals surface area (Å²) >= 11 is 0. The predicted octanol–water partition coefficient (Wildman–Crippen LogP) is 4.11. The van der Waals surface area contributed by atoms with Gasteiger partial charge in [-0.25, -0.2) is 19.4 Å². The van der Waals surface area contributed by atoms with Gasteiger partial charge in [0, 0.05) is 17.9 Å². The zero-order chi connectivity index (χ0) is 21.1. The zero-order valence-corrected chi connectivity index (χ0v) is 17.1. The Bertz CT molecular complexity index is 1200. The fraction of sp³-hybridized carbons (Fsp3) is 0.227. The Labute approximate surface area is 173 Å². The van der Waals surface area contributed by atoms with Crippen molar-refractivity contribution in [3.8, 4) is 17.0 Å². The molecule has 0 aliphatic rings. The third kappa shape index (κ3) is 4.04. The van der Waals surface area contributed by atoms with Gasteiger partial charge in [0.25, 0.3) is 6.01 Å². The maximum absolute atomic E-state index is 11.9. The highest BCUT2D eigenvalue weighted by Crippen LogP contribution is 2.27. The summed E-state index contributed by atoms with van der Waals surface area (Å²) in [5, 5.41) is 9.60. The molecule has 0 aliphatic carbocycles. The quantitative estimate of drug-likeness (QED) is 0.480. The molecule has 8 heteroatoms. The number of H-pyrrole nitrogens is 1. The topological polar surface area (TPSA) is 98.0 Å². The minimum atomic E-state index is -0.270. The standard InChI is InChI=1S/C22H23N5O3/c1-4-29-13-16-6-5-14(2)19(11-16)24-21-23-12-20(30-21)17-7-9-18(10-8-17)27-15(3)25-26-22(27)28/h5-12H,4,13H2,1-3H3,(H,23,24)(H,26,28). The van der Waals surface area contributed by atoms with Crippen LogP contribution < -0.4 is 11.0 Å². The average molecular weight is 405 g/mol. The number of nitrogens with zero attached hydrogens (tertiary/aromatic N) is 3.